The van der Waals surface area contributed by atoms with Crippen LogP contribution in [-0.4, -0.2) is 126 Å². The average Bonchev–Trinajstić information content (AvgIpc) is 1.60. The van der Waals surface area contributed by atoms with E-state index in [9.17, 15) is 18.0 Å². The number of ether oxygens (including phenoxy) is 5. The topological polar surface area (TPSA) is 240 Å². The minimum atomic E-state index is -0.787. The van der Waals surface area contributed by atoms with Crippen molar-refractivity contribution in [3.05, 3.63) is 231 Å². The number of aliphatic carboxylic acids is 1. The van der Waals surface area contributed by atoms with Gasteiger partial charge in [-0.25, -0.2) is 43.1 Å². The van der Waals surface area contributed by atoms with Gasteiger partial charge in [0.2, 0.25) is 0 Å². The van der Waals surface area contributed by atoms with Crippen molar-refractivity contribution >= 4 is 71.7 Å². The summed E-state index contributed by atoms with van der Waals surface area (Å²) < 4.78 is 106. The Morgan fingerprint density at radius 2 is 0.736 bits per heavy atom. The van der Waals surface area contributed by atoms with Gasteiger partial charge in [0.05, 0.1) is 40.2 Å². The fourth-order valence-corrected chi connectivity index (χ4v) is 9.81. The van der Waals surface area contributed by atoms with Crippen LogP contribution in [0.1, 0.15) is 117 Å². The van der Waals surface area contributed by atoms with Crippen molar-refractivity contribution in [3.8, 4) is 46.0 Å². The Hall–Kier alpha value is -8.41. The lowest BCUT2D eigenvalue weighted by Gasteiger charge is -2.32. The van der Waals surface area contributed by atoms with Gasteiger partial charge >= 0.3 is 27.1 Å². The number of aromatic nitrogens is 6. The minimum Gasteiger partial charge on any atom is -0.508 e. The number of phenolic OH excluding ortho intramolecular Hbond substituents is 1. The molecule has 3 saturated heterocycles. The standard InChI is InChI=1S/C24H26BFN2O4.C18H14ClFN2O2.C12H24B2O4.C12H10BrFN2O.C6H5ClO.C4H9NO2/c1-16-27-13-17(14-28-16)15-29-21-10-19(26)11-22(12-21)30-20-8-6-18(7-9-20)25-31-23(2,3)24(4,5)32-25;1-12-21-9-13(10-22-12)11-23-17-6-15(20)7-18(8-17)24-16-4-2-14(19)3-5-16;1-9(2)10(3,4)16-13(15-9)14-17-11(5,6)12(7,8)18-14;1-8-15-5-9(6-16-8)7-17-12-3-10(13)2-11(14)4-12;7-5-1-3-6(8)4-2-5;1-5(2)3-4(6)7/h6-14H,15H2,1-5H3;2-10H,11H2,1H3;1-8H3;2-6H,7H2,1H3;1-4,8H;3H2,1-2H3,(H,6,7). The highest BCUT2D eigenvalue weighted by Crippen LogP contribution is 2.43. The van der Waals surface area contributed by atoms with Gasteiger partial charge in [0.15, 0.2) is 0 Å². The van der Waals surface area contributed by atoms with E-state index in [1.54, 1.807) is 142 Å². The zero-order chi connectivity index (χ0) is 78.0. The minimum absolute atomic E-state index is 0.111. The van der Waals surface area contributed by atoms with Gasteiger partial charge in [-0.05, 0) is 196 Å². The van der Waals surface area contributed by atoms with Gasteiger partial charge in [-0.2, -0.15) is 0 Å². The molecule has 9 aromatic rings. The highest BCUT2D eigenvalue weighted by Gasteiger charge is 2.64. The van der Waals surface area contributed by atoms with Gasteiger partial charge in [-0.1, -0.05) is 51.3 Å². The summed E-state index contributed by atoms with van der Waals surface area (Å²) in [5.74, 6) is 3.28. The van der Waals surface area contributed by atoms with E-state index in [1.165, 1.54) is 36.4 Å². The molecule has 0 unspecified atom stereocenters. The number of carboxylic acids is 1. The molecule has 0 spiro atoms. The van der Waals surface area contributed by atoms with E-state index < -0.39 is 49.9 Å². The molecule has 21 nitrogen and oxygen atoms in total. The maximum Gasteiger partial charge on any atom is 0.494 e. The van der Waals surface area contributed by atoms with Crippen LogP contribution in [0.2, 0.25) is 10.0 Å². The first-order chi connectivity index (χ1) is 49.6. The molecule has 12 rings (SSSR count). The summed E-state index contributed by atoms with van der Waals surface area (Å²) in [5, 5.41) is 18.0. The number of rotatable bonds is 17. The summed E-state index contributed by atoms with van der Waals surface area (Å²) in [6.45, 7) is 30.6. The molecule has 0 atom stereocenters. The number of benzene rings is 6. The van der Waals surface area contributed by atoms with Crippen LogP contribution < -0.4 is 29.1 Å². The summed E-state index contributed by atoms with van der Waals surface area (Å²) in [5.41, 5.74) is 1.07. The van der Waals surface area contributed by atoms with Gasteiger partial charge in [0.25, 0.3) is 0 Å². The summed E-state index contributed by atoms with van der Waals surface area (Å²) >= 11 is 14.5. The molecule has 562 valence electrons. The van der Waals surface area contributed by atoms with E-state index in [-0.39, 0.29) is 53.7 Å². The Morgan fingerprint density at radius 1 is 0.443 bits per heavy atom. The van der Waals surface area contributed by atoms with E-state index >= 15 is 0 Å². The van der Waals surface area contributed by atoms with Crippen molar-refractivity contribution in [2.45, 2.75) is 157 Å². The summed E-state index contributed by atoms with van der Waals surface area (Å²) in [6.07, 6.45) is 10.1. The molecule has 2 N–H and O–H groups in total. The van der Waals surface area contributed by atoms with Crippen LogP contribution in [0.25, 0.3) is 0 Å². The third kappa shape index (κ3) is 26.5. The lowest BCUT2D eigenvalue weighted by Crippen LogP contribution is -2.41. The lowest BCUT2D eigenvalue weighted by atomic mass is 9.49. The number of hydrogen-bond donors (Lipinski definition) is 2. The van der Waals surface area contributed by atoms with Crippen molar-refractivity contribution in [2.24, 2.45) is 0 Å². The normalized spacial score (nSPS) is 15.8. The Bertz CT molecular complexity index is 4180. The molecule has 3 aliphatic rings. The third-order valence-corrected chi connectivity index (χ3v) is 17.9. The highest BCUT2D eigenvalue weighted by atomic mass is 79.9. The number of hydrogen-bond acceptors (Lipinski definition) is 20. The van der Waals surface area contributed by atoms with E-state index in [4.69, 9.17) is 85.0 Å². The monoisotopic (exact) mass is 1560 g/mol. The average molecular weight is 1560 g/mol. The molecule has 0 radical (unpaired) electrons. The van der Waals surface area contributed by atoms with Crippen LogP contribution in [0.4, 0.5) is 13.2 Å². The first-order valence-corrected chi connectivity index (χ1v) is 35.0. The quantitative estimate of drug-likeness (QED) is 0.0805. The Labute approximate surface area is 637 Å². The molecule has 6 heterocycles. The molecule has 0 aliphatic carbocycles. The summed E-state index contributed by atoms with van der Waals surface area (Å²) in [6, 6.07) is 33.4. The van der Waals surface area contributed by atoms with Crippen LogP contribution in [0, 0.1) is 38.2 Å². The van der Waals surface area contributed by atoms with Gasteiger partial charge in [-0.15, -0.1) is 0 Å². The van der Waals surface area contributed by atoms with Gasteiger partial charge in [0.1, 0.15) is 101 Å². The molecule has 3 fully saturated rings. The van der Waals surface area contributed by atoms with E-state index in [0.717, 1.165) is 22.2 Å². The number of aromatic hydroxyl groups is 1. The Kier molecular flexibility index (Phi) is 30.0. The van der Waals surface area contributed by atoms with Crippen molar-refractivity contribution < 1.29 is 79.8 Å². The number of aryl methyl sites for hydroxylation is 3. The number of carbonyl (C=O) groups is 1. The predicted octanol–water partition coefficient (Wildman–Crippen LogP) is 16.7. The number of halogens is 6. The van der Waals surface area contributed by atoms with Gasteiger partial charge in [0, 0.05) is 111 Å². The molecule has 0 bridgehead atoms. The van der Waals surface area contributed by atoms with Crippen LogP contribution in [0.3, 0.4) is 0 Å². The Balaban J connectivity index is 0.000000189. The van der Waals surface area contributed by atoms with E-state index in [2.05, 4.69) is 45.8 Å². The number of phenols is 1. The largest absolute Gasteiger partial charge is 0.508 e. The van der Waals surface area contributed by atoms with Crippen LogP contribution in [0.5, 0.6) is 46.0 Å². The third-order valence-electron chi connectivity index (χ3n) is 17.0. The molecule has 30 heteroatoms. The maximum absolute atomic E-state index is 14.1. The molecule has 3 aromatic heterocycles. The van der Waals surface area contributed by atoms with E-state index in [0.29, 0.717) is 78.8 Å². The molecule has 0 amide bonds. The molecule has 3 aliphatic heterocycles. The summed E-state index contributed by atoms with van der Waals surface area (Å²) in [4.78, 5) is 35.9. The predicted molar refractivity (Wildman–Crippen MR) is 405 cm³/mol. The fourth-order valence-electron chi connectivity index (χ4n) is 9.11. The fraction of sp³-hybridized carbons (Fsp3) is 0.355. The summed E-state index contributed by atoms with van der Waals surface area (Å²) in [7, 11) is 2.03. The second-order valence-corrected chi connectivity index (χ2v) is 29.6. The number of likely N-dealkylation sites (N-methyl/N-ethyl adjacent to an activating group) is 1. The molecule has 0 saturated carbocycles. The smallest absolute Gasteiger partial charge is 0.494 e. The highest BCUT2D eigenvalue weighted by molar-refractivity contribution is 9.10. The zero-order valence-electron chi connectivity index (χ0n) is 62.3. The molecular formula is C76H88B3BrCl2F3N7O14. The van der Waals surface area contributed by atoms with Crippen molar-refractivity contribution in [2.75, 3.05) is 20.6 Å². The van der Waals surface area contributed by atoms with Gasteiger partial charge < -0.3 is 61.8 Å². The van der Waals surface area contributed by atoms with Gasteiger partial charge in [-0.3, -0.25) is 9.69 Å². The second-order valence-electron chi connectivity index (χ2n) is 27.8. The van der Waals surface area contributed by atoms with Crippen LogP contribution in [-0.2, 0) is 52.5 Å². The number of carboxylic acid groups (broad SMARTS) is 1. The lowest BCUT2D eigenvalue weighted by molar-refractivity contribution is -0.137. The Morgan fingerprint density at radius 3 is 1.04 bits per heavy atom. The molecule has 106 heavy (non-hydrogen) atoms. The van der Waals surface area contributed by atoms with Crippen molar-refractivity contribution in [3.63, 3.8) is 0 Å². The first-order valence-electron chi connectivity index (χ1n) is 33.5. The van der Waals surface area contributed by atoms with Crippen LogP contribution >= 0.6 is 39.1 Å². The van der Waals surface area contributed by atoms with Crippen molar-refractivity contribution in [1.82, 2.24) is 34.8 Å². The maximum atomic E-state index is 14.1. The zero-order valence-corrected chi connectivity index (χ0v) is 65.4. The van der Waals surface area contributed by atoms with E-state index in [1.807, 2.05) is 109 Å². The van der Waals surface area contributed by atoms with Crippen molar-refractivity contribution in [1.29, 1.82) is 0 Å². The number of nitrogens with zero attached hydrogens (tertiary/aromatic N) is 7. The van der Waals surface area contributed by atoms with Crippen LogP contribution in [0.15, 0.2) is 169 Å². The molecular weight excluding hydrogens is 1480 g/mol. The first kappa shape index (κ1) is 84.9. The SMILES string of the molecule is CC1(C)OB(B2OC(C)(C)C(C)(C)O2)OC1(C)C.CN(C)CC(=O)O.Cc1ncc(COc2cc(F)cc(Br)c2)cn1.Cc1ncc(COc2cc(F)cc(Oc3ccc(B4OC(C)(C)C(C)(C)O4)cc3)c2)cn1.Cc1ncc(COc2cc(F)cc(Oc3ccc(Cl)cc3)c2)cn1.Oc1ccc(Cl)cc1. The molecule has 6 aromatic carbocycles. The second kappa shape index (κ2) is 37.4.